The fraction of sp³-hybridized carbons (Fsp3) is 0.167. The van der Waals surface area contributed by atoms with E-state index >= 15 is 0 Å². The van der Waals surface area contributed by atoms with Crippen LogP contribution in [0.2, 0.25) is 0 Å². The zero-order chi connectivity index (χ0) is 18.6. The first-order chi connectivity index (χ1) is 12.5. The van der Waals surface area contributed by atoms with E-state index in [4.69, 9.17) is 10.8 Å². The number of benzene rings is 1. The van der Waals surface area contributed by atoms with Crippen molar-refractivity contribution in [3.05, 3.63) is 48.3 Å². The molecule has 2 aromatic heterocycles. The Balaban J connectivity index is 1.98. The van der Waals surface area contributed by atoms with Crippen molar-refractivity contribution < 1.29 is 13.5 Å². The van der Waals surface area contributed by atoms with Crippen LogP contribution in [0.25, 0.3) is 22.2 Å². The summed E-state index contributed by atoms with van der Waals surface area (Å²) in [4.78, 5) is 7.55. The van der Waals surface area contributed by atoms with Crippen LogP contribution in [0, 0.1) is 11.8 Å². The number of nitrogens with zero attached hydrogens (tertiary/aromatic N) is 1. The second kappa shape index (κ2) is 7.68. The molecule has 1 aromatic carbocycles. The fourth-order valence-corrected chi connectivity index (χ4v) is 3.62. The van der Waals surface area contributed by atoms with Crippen LogP contribution in [-0.2, 0) is 10.0 Å². The van der Waals surface area contributed by atoms with E-state index in [1.165, 1.54) is 0 Å². The molecule has 0 saturated carbocycles. The zero-order valence-corrected chi connectivity index (χ0v) is 14.7. The van der Waals surface area contributed by atoms with Gasteiger partial charge in [0.25, 0.3) is 0 Å². The van der Waals surface area contributed by atoms with Crippen molar-refractivity contribution >= 4 is 21.1 Å². The topological polar surface area (TPSA) is 121 Å². The molecule has 26 heavy (non-hydrogen) atoms. The van der Waals surface area contributed by atoms with E-state index in [2.05, 4.69) is 26.5 Å². The van der Waals surface area contributed by atoms with Crippen LogP contribution in [0.15, 0.2) is 47.5 Å². The van der Waals surface area contributed by atoms with Crippen LogP contribution in [0.5, 0.6) is 0 Å². The second-order valence-electron chi connectivity index (χ2n) is 5.47. The molecule has 0 aliphatic carbocycles. The number of H-pyrrole nitrogens is 1. The lowest BCUT2D eigenvalue weighted by atomic mass is 10.0. The highest BCUT2D eigenvalue weighted by Crippen LogP contribution is 2.28. The van der Waals surface area contributed by atoms with E-state index in [9.17, 15) is 8.42 Å². The van der Waals surface area contributed by atoms with Gasteiger partial charge in [-0.05, 0) is 41.3 Å². The van der Waals surface area contributed by atoms with Gasteiger partial charge in [0.1, 0.15) is 12.3 Å². The Kier molecular flexibility index (Phi) is 5.35. The van der Waals surface area contributed by atoms with E-state index in [1.54, 1.807) is 30.5 Å². The van der Waals surface area contributed by atoms with Crippen molar-refractivity contribution in [2.24, 2.45) is 5.73 Å². The summed E-state index contributed by atoms with van der Waals surface area (Å²) in [5.74, 6) is 5.41. The van der Waals surface area contributed by atoms with Crippen LogP contribution in [-0.4, -0.2) is 43.2 Å². The normalized spacial score (nSPS) is 11.3. The summed E-state index contributed by atoms with van der Waals surface area (Å²) < 4.78 is 26.7. The van der Waals surface area contributed by atoms with Crippen LogP contribution < -0.4 is 10.5 Å². The number of nitrogens with one attached hydrogen (secondary N) is 2. The minimum Gasteiger partial charge on any atom is -0.384 e. The van der Waals surface area contributed by atoms with E-state index in [-0.39, 0.29) is 24.6 Å². The summed E-state index contributed by atoms with van der Waals surface area (Å²) in [5, 5.41) is 9.68. The number of aliphatic hydroxyl groups is 1. The minimum atomic E-state index is -3.56. The number of pyridine rings is 1. The zero-order valence-electron chi connectivity index (χ0n) is 13.9. The Labute approximate surface area is 151 Å². The van der Waals surface area contributed by atoms with E-state index in [0.29, 0.717) is 11.3 Å². The molecule has 5 N–H and O–H groups in total. The van der Waals surface area contributed by atoms with Gasteiger partial charge in [0.05, 0.1) is 10.6 Å². The number of aliphatic hydroxyl groups excluding tert-OH is 1. The van der Waals surface area contributed by atoms with Gasteiger partial charge in [-0.15, -0.1) is 0 Å². The summed E-state index contributed by atoms with van der Waals surface area (Å²) in [5.41, 5.74) is 8.43. The highest BCUT2D eigenvalue weighted by molar-refractivity contribution is 7.89. The van der Waals surface area contributed by atoms with Crippen molar-refractivity contribution in [3.8, 4) is 23.0 Å². The van der Waals surface area contributed by atoms with Crippen LogP contribution in [0.3, 0.4) is 0 Å². The predicted molar refractivity (Wildman–Crippen MR) is 99.7 cm³/mol. The third-order valence-electron chi connectivity index (χ3n) is 3.75. The van der Waals surface area contributed by atoms with Crippen molar-refractivity contribution in [3.63, 3.8) is 0 Å². The van der Waals surface area contributed by atoms with E-state index in [0.717, 1.165) is 16.5 Å². The predicted octanol–water partition coefficient (Wildman–Crippen LogP) is 0.811. The Morgan fingerprint density at radius 1 is 1.23 bits per heavy atom. The highest BCUT2D eigenvalue weighted by Gasteiger charge is 2.14. The average Bonchev–Trinajstić information content (AvgIpc) is 3.08. The molecule has 0 saturated heterocycles. The molecular weight excluding hydrogens is 352 g/mol. The second-order valence-corrected chi connectivity index (χ2v) is 7.24. The molecule has 0 aliphatic rings. The van der Waals surface area contributed by atoms with Crippen molar-refractivity contribution in [2.75, 3.05) is 19.7 Å². The summed E-state index contributed by atoms with van der Waals surface area (Å²) in [6.07, 6.45) is 1.67. The Hall–Kier alpha value is -2.70. The smallest absolute Gasteiger partial charge is 0.240 e. The number of aromatic nitrogens is 2. The molecule has 2 heterocycles. The Bertz CT molecular complexity index is 1080. The lowest BCUT2D eigenvalue weighted by Crippen LogP contribution is -2.29. The molecule has 0 fully saturated rings. The largest absolute Gasteiger partial charge is 0.384 e. The van der Waals surface area contributed by atoms with Gasteiger partial charge in [-0.1, -0.05) is 18.1 Å². The molecule has 0 spiro atoms. The molecule has 8 heteroatoms. The maximum absolute atomic E-state index is 12.1. The van der Waals surface area contributed by atoms with Gasteiger partial charge >= 0.3 is 0 Å². The number of aromatic amines is 1. The van der Waals surface area contributed by atoms with Gasteiger partial charge in [0, 0.05) is 24.7 Å². The first-order valence-corrected chi connectivity index (χ1v) is 9.41. The maximum Gasteiger partial charge on any atom is 0.240 e. The molecule has 0 unspecified atom stereocenters. The van der Waals surface area contributed by atoms with Gasteiger partial charge in [0.15, 0.2) is 0 Å². The molecule has 3 aromatic rings. The van der Waals surface area contributed by atoms with Gasteiger partial charge in [-0.25, -0.2) is 18.1 Å². The third-order valence-corrected chi connectivity index (χ3v) is 5.22. The lowest BCUT2D eigenvalue weighted by Gasteiger charge is -2.07. The molecule has 134 valence electrons. The Morgan fingerprint density at radius 3 is 2.69 bits per heavy atom. The van der Waals surface area contributed by atoms with Gasteiger partial charge < -0.3 is 15.8 Å². The summed E-state index contributed by atoms with van der Waals surface area (Å²) in [6, 6.07) is 10.3. The standard InChI is InChI=1S/C18H18N4O3S/c19-8-10-21-26(24,25)15-5-3-13(4-6-15)16-7-9-20-18-17(16)12-14(22-18)2-1-11-23/h3-7,9,12,21,23H,8,10-11,19H2,(H,20,22). The monoisotopic (exact) mass is 370 g/mol. The van der Waals surface area contributed by atoms with Crippen molar-refractivity contribution in [2.45, 2.75) is 4.90 Å². The Morgan fingerprint density at radius 2 is 2.00 bits per heavy atom. The van der Waals surface area contributed by atoms with Crippen molar-refractivity contribution in [1.82, 2.24) is 14.7 Å². The van der Waals surface area contributed by atoms with Gasteiger partial charge in [-0.2, -0.15) is 0 Å². The van der Waals surface area contributed by atoms with Crippen LogP contribution in [0.1, 0.15) is 5.69 Å². The fourth-order valence-electron chi connectivity index (χ4n) is 2.57. The molecule has 0 radical (unpaired) electrons. The highest BCUT2D eigenvalue weighted by atomic mass is 32.2. The minimum absolute atomic E-state index is 0.184. The SMILES string of the molecule is NCCNS(=O)(=O)c1ccc(-c2ccnc3[nH]c(C#CCO)cc23)cc1. The van der Waals surface area contributed by atoms with Crippen molar-refractivity contribution in [1.29, 1.82) is 0 Å². The first kappa shape index (κ1) is 18.1. The molecule has 0 aliphatic heterocycles. The number of fused-ring (bicyclic) bond motifs is 1. The summed E-state index contributed by atoms with van der Waals surface area (Å²) in [6.45, 7) is 0.209. The van der Waals surface area contributed by atoms with Crippen LogP contribution in [0.4, 0.5) is 0 Å². The average molecular weight is 370 g/mol. The summed E-state index contributed by atoms with van der Waals surface area (Å²) >= 11 is 0. The third kappa shape index (κ3) is 3.76. The number of hydrogen-bond acceptors (Lipinski definition) is 5. The van der Waals surface area contributed by atoms with E-state index in [1.807, 2.05) is 12.1 Å². The number of rotatable bonds is 5. The maximum atomic E-state index is 12.1. The molecule has 0 bridgehead atoms. The van der Waals surface area contributed by atoms with Gasteiger partial charge in [-0.3, -0.25) is 0 Å². The molecular formula is C18H18N4O3S. The molecule has 7 nitrogen and oxygen atoms in total. The van der Waals surface area contributed by atoms with E-state index < -0.39 is 10.0 Å². The first-order valence-electron chi connectivity index (χ1n) is 7.93. The summed E-state index contributed by atoms with van der Waals surface area (Å²) in [7, 11) is -3.56. The quantitative estimate of drug-likeness (QED) is 0.495. The lowest BCUT2D eigenvalue weighted by molar-refractivity contribution is 0.350. The number of nitrogens with two attached hydrogens (primary N) is 1. The molecule has 3 rings (SSSR count). The molecule has 0 amide bonds. The molecule has 0 atom stereocenters. The van der Waals surface area contributed by atoms with Crippen LogP contribution >= 0.6 is 0 Å². The number of hydrogen-bond donors (Lipinski definition) is 4. The number of sulfonamides is 1. The van der Waals surface area contributed by atoms with Gasteiger partial charge in [0.2, 0.25) is 10.0 Å².